The second kappa shape index (κ2) is 10.9. The highest BCUT2D eigenvalue weighted by Gasteiger charge is 2.32. The molecule has 0 radical (unpaired) electrons. The van der Waals surface area contributed by atoms with Gasteiger partial charge in [-0.05, 0) is 31.0 Å². The van der Waals surface area contributed by atoms with E-state index in [4.69, 9.17) is 4.74 Å². The molecule has 0 aliphatic heterocycles. The van der Waals surface area contributed by atoms with Gasteiger partial charge in [-0.1, -0.05) is 54.1 Å². The van der Waals surface area contributed by atoms with E-state index in [-0.39, 0.29) is 6.42 Å². The number of nitrogens with one attached hydrogen (secondary N) is 2. The van der Waals surface area contributed by atoms with E-state index in [1.165, 1.54) is 7.11 Å². The molecule has 0 aliphatic carbocycles. The maximum Gasteiger partial charge on any atom is 0.328 e. The molecule has 0 aliphatic rings. The lowest BCUT2D eigenvalue weighted by atomic mass is 9.99. The lowest BCUT2D eigenvalue weighted by molar-refractivity contribution is -0.146. The zero-order chi connectivity index (χ0) is 22.1. The number of hydrogen-bond donors (Lipinski definition) is 3. The van der Waals surface area contributed by atoms with Gasteiger partial charge in [-0.15, -0.1) is 6.58 Å². The minimum Gasteiger partial charge on any atom is -0.467 e. The highest BCUT2D eigenvalue weighted by molar-refractivity contribution is 5.95. The third kappa shape index (κ3) is 6.28. The van der Waals surface area contributed by atoms with Crippen LogP contribution in [0.2, 0.25) is 0 Å². The summed E-state index contributed by atoms with van der Waals surface area (Å²) in [6.45, 7) is 5.45. The maximum absolute atomic E-state index is 12.7. The molecule has 0 bridgehead atoms. The molecule has 7 nitrogen and oxygen atoms in total. The zero-order valence-electron chi connectivity index (χ0n) is 17.0. The smallest absolute Gasteiger partial charge is 0.328 e. The molecule has 158 valence electrons. The Bertz CT molecular complexity index is 883. The summed E-state index contributed by atoms with van der Waals surface area (Å²) >= 11 is 0. The molecule has 3 N–H and O–H groups in total. The highest BCUT2D eigenvalue weighted by Crippen LogP contribution is 2.19. The first-order chi connectivity index (χ1) is 14.3. The number of amides is 2. The van der Waals surface area contributed by atoms with Crippen molar-refractivity contribution in [2.75, 3.05) is 7.11 Å². The molecule has 0 unspecified atom stereocenters. The quantitative estimate of drug-likeness (QED) is 0.434. The normalized spacial score (nSPS) is 13.4. The van der Waals surface area contributed by atoms with E-state index in [0.29, 0.717) is 16.7 Å². The summed E-state index contributed by atoms with van der Waals surface area (Å²) in [4.78, 5) is 37.4. The predicted octanol–water partition coefficient (Wildman–Crippen LogP) is 2.14. The van der Waals surface area contributed by atoms with Crippen LogP contribution in [0.3, 0.4) is 0 Å². The molecule has 30 heavy (non-hydrogen) atoms. The van der Waals surface area contributed by atoms with Gasteiger partial charge in [-0.25, -0.2) is 4.79 Å². The molecule has 0 heterocycles. The Balaban J connectivity index is 2.24. The van der Waals surface area contributed by atoms with E-state index >= 15 is 0 Å². The van der Waals surface area contributed by atoms with Gasteiger partial charge in [0.2, 0.25) is 0 Å². The summed E-state index contributed by atoms with van der Waals surface area (Å²) < 4.78 is 4.72. The third-order valence-corrected chi connectivity index (χ3v) is 4.42. The van der Waals surface area contributed by atoms with Gasteiger partial charge >= 0.3 is 5.97 Å². The molecule has 2 aromatic carbocycles. The summed E-state index contributed by atoms with van der Waals surface area (Å²) in [5, 5.41) is 16.0. The van der Waals surface area contributed by atoms with Crippen molar-refractivity contribution in [2.45, 2.75) is 31.5 Å². The van der Waals surface area contributed by atoms with Gasteiger partial charge in [0.05, 0.1) is 13.2 Å². The van der Waals surface area contributed by atoms with Crippen LogP contribution in [0.15, 0.2) is 72.8 Å². The Morgan fingerprint density at radius 2 is 1.57 bits per heavy atom. The summed E-state index contributed by atoms with van der Waals surface area (Å²) in [5.74, 6) is -1.90. The molecule has 0 spiro atoms. The predicted molar refractivity (Wildman–Crippen MR) is 112 cm³/mol. The first-order valence-electron chi connectivity index (χ1n) is 9.45. The number of esters is 1. The summed E-state index contributed by atoms with van der Waals surface area (Å²) in [7, 11) is 1.21. The number of aliphatic hydroxyl groups is 1. The first-order valence-corrected chi connectivity index (χ1v) is 9.45. The molecule has 2 aromatic rings. The van der Waals surface area contributed by atoms with Crippen LogP contribution >= 0.6 is 0 Å². The summed E-state index contributed by atoms with van der Waals surface area (Å²) in [6.07, 6.45) is -1.48. The number of benzene rings is 2. The standard InChI is InChI=1S/C23H26N2O5/c1-15(2)14-18(23(29)30-3)24-22(28)20(26)19(16-10-6-4-7-11-16)25-21(27)17-12-8-5-9-13-17/h4-13,18-20,26H,1,14H2,2-3H3,(H,24,28)(H,25,27)/t18-,19-,20+/m0/s1. The zero-order valence-corrected chi connectivity index (χ0v) is 17.0. The van der Waals surface area contributed by atoms with Crippen LogP contribution in [0.5, 0.6) is 0 Å². The van der Waals surface area contributed by atoms with Crippen molar-refractivity contribution in [3.05, 3.63) is 83.9 Å². The number of rotatable bonds is 9. The largest absolute Gasteiger partial charge is 0.467 e. The SMILES string of the molecule is C=C(C)C[C@H](NC(=O)[C@H](O)[C@@H](NC(=O)c1ccccc1)c1ccccc1)C(=O)OC. The van der Waals surface area contributed by atoms with Gasteiger partial charge in [0.1, 0.15) is 6.04 Å². The van der Waals surface area contributed by atoms with Crippen LogP contribution in [0, 0.1) is 0 Å². The van der Waals surface area contributed by atoms with E-state index in [1.54, 1.807) is 67.6 Å². The van der Waals surface area contributed by atoms with Crippen LogP contribution in [-0.2, 0) is 14.3 Å². The Morgan fingerprint density at radius 3 is 2.10 bits per heavy atom. The fourth-order valence-electron chi connectivity index (χ4n) is 2.91. The minimum absolute atomic E-state index is 0.164. The first kappa shape index (κ1) is 22.8. The average Bonchev–Trinajstić information content (AvgIpc) is 2.76. The molecular weight excluding hydrogens is 384 g/mol. The van der Waals surface area contributed by atoms with Crippen molar-refractivity contribution in [3.8, 4) is 0 Å². The fraction of sp³-hybridized carbons (Fsp3) is 0.261. The topological polar surface area (TPSA) is 105 Å². The minimum atomic E-state index is -1.64. The Morgan fingerprint density at radius 1 is 1.00 bits per heavy atom. The van der Waals surface area contributed by atoms with Crippen molar-refractivity contribution in [1.82, 2.24) is 10.6 Å². The molecule has 0 saturated heterocycles. The van der Waals surface area contributed by atoms with E-state index in [2.05, 4.69) is 17.2 Å². The molecule has 2 amide bonds. The van der Waals surface area contributed by atoms with Crippen LogP contribution in [0.1, 0.15) is 35.3 Å². The van der Waals surface area contributed by atoms with Gasteiger partial charge in [0, 0.05) is 5.56 Å². The van der Waals surface area contributed by atoms with Gasteiger partial charge in [-0.3, -0.25) is 9.59 Å². The number of hydrogen-bond acceptors (Lipinski definition) is 5. The number of methoxy groups -OCH3 is 1. The van der Waals surface area contributed by atoms with E-state index in [0.717, 1.165) is 0 Å². The van der Waals surface area contributed by atoms with Gasteiger partial charge in [0.25, 0.3) is 11.8 Å². The van der Waals surface area contributed by atoms with Crippen LogP contribution in [-0.4, -0.2) is 42.1 Å². The van der Waals surface area contributed by atoms with Crippen LogP contribution < -0.4 is 10.6 Å². The molecule has 7 heteroatoms. The van der Waals surface area contributed by atoms with Gasteiger partial charge < -0.3 is 20.5 Å². The fourth-order valence-corrected chi connectivity index (χ4v) is 2.91. The molecule has 0 saturated carbocycles. The van der Waals surface area contributed by atoms with E-state index < -0.39 is 36.0 Å². The van der Waals surface area contributed by atoms with Crippen molar-refractivity contribution >= 4 is 17.8 Å². The molecule has 3 atom stereocenters. The van der Waals surface area contributed by atoms with Crippen LogP contribution in [0.4, 0.5) is 0 Å². The summed E-state index contributed by atoms with van der Waals surface area (Å²) in [6, 6.07) is 15.1. The monoisotopic (exact) mass is 410 g/mol. The van der Waals surface area contributed by atoms with Crippen molar-refractivity contribution < 1.29 is 24.2 Å². The van der Waals surface area contributed by atoms with Gasteiger partial charge in [-0.2, -0.15) is 0 Å². The van der Waals surface area contributed by atoms with E-state index in [9.17, 15) is 19.5 Å². The van der Waals surface area contributed by atoms with Crippen molar-refractivity contribution in [2.24, 2.45) is 0 Å². The average molecular weight is 410 g/mol. The molecule has 0 aromatic heterocycles. The number of ether oxygens (including phenoxy) is 1. The number of aliphatic hydroxyl groups excluding tert-OH is 1. The van der Waals surface area contributed by atoms with E-state index in [1.807, 2.05) is 0 Å². The number of carbonyl (C=O) groups is 3. The van der Waals surface area contributed by atoms with Crippen molar-refractivity contribution in [3.63, 3.8) is 0 Å². The Hall–Kier alpha value is -3.45. The Kier molecular flexibility index (Phi) is 8.31. The third-order valence-electron chi connectivity index (χ3n) is 4.42. The lowest BCUT2D eigenvalue weighted by Crippen LogP contribution is -2.50. The van der Waals surface area contributed by atoms with Gasteiger partial charge in [0.15, 0.2) is 6.10 Å². The molecule has 0 fully saturated rings. The lowest BCUT2D eigenvalue weighted by Gasteiger charge is -2.26. The highest BCUT2D eigenvalue weighted by atomic mass is 16.5. The van der Waals surface area contributed by atoms with Crippen molar-refractivity contribution in [1.29, 1.82) is 0 Å². The maximum atomic E-state index is 12.7. The number of carbonyl (C=O) groups excluding carboxylic acids is 3. The summed E-state index contributed by atoms with van der Waals surface area (Å²) in [5.41, 5.74) is 1.59. The second-order valence-corrected chi connectivity index (χ2v) is 6.92. The molecule has 2 rings (SSSR count). The Labute approximate surface area is 175 Å². The second-order valence-electron chi connectivity index (χ2n) is 6.92. The molecular formula is C23H26N2O5. The van der Waals surface area contributed by atoms with Crippen LogP contribution in [0.25, 0.3) is 0 Å².